The van der Waals surface area contributed by atoms with E-state index in [1.54, 1.807) is 0 Å². The number of halogens is 5. The molecule has 0 saturated carbocycles. The number of ether oxygens (including phenoxy) is 1. The molecule has 0 saturated heterocycles. The van der Waals surface area contributed by atoms with Crippen molar-refractivity contribution in [1.29, 1.82) is 0 Å². The Balaban J connectivity index is 0.00000361. The van der Waals surface area contributed by atoms with E-state index in [-0.39, 0.29) is 51.4 Å². The van der Waals surface area contributed by atoms with Crippen LogP contribution in [-0.2, 0) is 10.1 Å². The second kappa shape index (κ2) is 7.29. The Morgan fingerprint density at radius 1 is 1.10 bits per heavy atom. The third-order valence-electron chi connectivity index (χ3n) is 1.74. The third-order valence-corrected chi connectivity index (χ3v) is 2.59. The molecular weight excluding hydrogens is 338 g/mol. The Hall–Kier alpha value is -0.0436. The molecule has 1 rings (SSSR count). The van der Waals surface area contributed by atoms with Crippen molar-refractivity contribution in [3.05, 3.63) is 36.1 Å². The van der Waals surface area contributed by atoms with Crippen molar-refractivity contribution in [3.63, 3.8) is 0 Å². The van der Waals surface area contributed by atoms with Crippen LogP contribution in [0.15, 0.2) is 41.0 Å². The van der Waals surface area contributed by atoms with Crippen molar-refractivity contribution in [1.82, 2.24) is 0 Å². The fourth-order valence-electron chi connectivity index (χ4n) is 0.934. The van der Waals surface area contributed by atoms with Gasteiger partial charge in [-0.15, -0.1) is 0 Å². The van der Waals surface area contributed by atoms with Crippen molar-refractivity contribution in [2.75, 3.05) is 0 Å². The molecule has 1 aromatic carbocycles. The van der Waals surface area contributed by atoms with Gasteiger partial charge in [0.25, 0.3) is 5.83 Å². The summed E-state index contributed by atoms with van der Waals surface area (Å²) in [4.78, 5) is -0.694. The molecule has 0 heterocycles. The molecule has 1 aromatic rings. The molecule has 106 valence electrons. The van der Waals surface area contributed by atoms with Gasteiger partial charge in [-0.25, -0.2) is 8.42 Å². The summed E-state index contributed by atoms with van der Waals surface area (Å²) in [5, 5.41) is 0. The standard InChI is InChI=1S/C9H5F5O4S.K/c10-7(9(12,13)14)8(11)18-5-1-3-6(4-2-5)19(15,16)17;/h1-4H,(H,15,16,17);/q;+1/p-1/b8-7-;. The summed E-state index contributed by atoms with van der Waals surface area (Å²) < 4.78 is 95.8. The van der Waals surface area contributed by atoms with E-state index in [0.29, 0.717) is 24.3 Å². The predicted octanol–water partition coefficient (Wildman–Crippen LogP) is -0.356. The monoisotopic (exact) mass is 342 g/mol. The molecule has 0 amide bonds. The quantitative estimate of drug-likeness (QED) is 0.326. The maximum atomic E-state index is 12.7. The van der Waals surface area contributed by atoms with Crippen LogP contribution in [0.2, 0.25) is 0 Å². The van der Waals surface area contributed by atoms with Gasteiger partial charge >= 0.3 is 63.6 Å². The molecule has 0 aromatic heterocycles. The predicted molar refractivity (Wildman–Crippen MR) is 50.3 cm³/mol. The second-order valence-electron chi connectivity index (χ2n) is 3.11. The zero-order chi connectivity index (χ0) is 14.8. The van der Waals surface area contributed by atoms with Gasteiger partial charge in [-0.2, -0.15) is 22.0 Å². The van der Waals surface area contributed by atoms with E-state index < -0.39 is 38.8 Å². The summed E-state index contributed by atoms with van der Waals surface area (Å²) in [7, 11) is -4.75. The minimum atomic E-state index is -5.54. The van der Waals surface area contributed by atoms with Crippen molar-refractivity contribution in [3.8, 4) is 5.75 Å². The van der Waals surface area contributed by atoms with E-state index in [2.05, 4.69) is 4.74 Å². The Kier molecular flexibility index (Phi) is 7.27. The van der Waals surface area contributed by atoms with E-state index in [1.807, 2.05) is 0 Å². The number of hydrogen-bond acceptors (Lipinski definition) is 4. The molecule has 4 nitrogen and oxygen atoms in total. The van der Waals surface area contributed by atoms with Gasteiger partial charge in [-0.3, -0.25) is 0 Å². The third kappa shape index (κ3) is 5.75. The summed E-state index contributed by atoms with van der Waals surface area (Å²) >= 11 is 0. The Bertz CT molecular complexity index is 594. The maximum absolute atomic E-state index is 12.7. The smallest absolute Gasteiger partial charge is 0.744 e. The van der Waals surface area contributed by atoms with E-state index in [1.165, 1.54) is 0 Å². The topological polar surface area (TPSA) is 66.4 Å². The average Bonchev–Trinajstić information content (AvgIpc) is 2.26. The van der Waals surface area contributed by atoms with Crippen molar-refractivity contribution in [2.45, 2.75) is 11.1 Å². The SMILES string of the molecule is O=S(=O)([O-])c1ccc(O/C(F)=C(\F)C(F)(F)F)cc1.[K+]. The minimum Gasteiger partial charge on any atom is -0.744 e. The number of allylic oxidation sites excluding steroid dienone is 1. The summed E-state index contributed by atoms with van der Waals surface area (Å²) in [5.74, 6) is -3.67. The summed E-state index contributed by atoms with van der Waals surface area (Å²) in [6, 6.07) is 0.236. The van der Waals surface area contributed by atoms with Gasteiger partial charge in [0.1, 0.15) is 15.9 Å². The number of rotatable bonds is 3. The Morgan fingerprint density at radius 2 is 1.55 bits per heavy atom. The van der Waals surface area contributed by atoms with Gasteiger partial charge in [0, 0.05) is 0 Å². The number of alkyl halides is 3. The van der Waals surface area contributed by atoms with Gasteiger partial charge in [0.05, 0.1) is 4.90 Å². The Morgan fingerprint density at radius 3 is 1.90 bits per heavy atom. The maximum Gasteiger partial charge on any atom is 1.00 e. The van der Waals surface area contributed by atoms with Gasteiger partial charge in [-0.1, -0.05) is 0 Å². The number of benzene rings is 1. The average molecular weight is 342 g/mol. The molecule has 0 unspecified atom stereocenters. The number of hydrogen-bond donors (Lipinski definition) is 0. The van der Waals surface area contributed by atoms with Crippen LogP contribution in [0.3, 0.4) is 0 Å². The van der Waals surface area contributed by atoms with Crippen molar-refractivity contribution >= 4 is 10.1 Å². The first-order valence-electron chi connectivity index (χ1n) is 4.38. The van der Waals surface area contributed by atoms with Gasteiger partial charge in [-0.05, 0) is 24.3 Å². The van der Waals surface area contributed by atoms with Crippen molar-refractivity contribution < 1.29 is 91.0 Å². The summed E-state index contributed by atoms with van der Waals surface area (Å²) in [6.07, 6.45) is -5.54. The van der Waals surface area contributed by atoms with E-state index in [0.717, 1.165) is 0 Å². The molecule has 0 fully saturated rings. The van der Waals surface area contributed by atoms with Crippen LogP contribution in [-0.4, -0.2) is 19.1 Å². The molecule has 20 heavy (non-hydrogen) atoms. The minimum absolute atomic E-state index is 0. The van der Waals surface area contributed by atoms with Crippen LogP contribution in [0.4, 0.5) is 22.0 Å². The van der Waals surface area contributed by atoms with Gasteiger partial charge in [0.15, 0.2) is 0 Å². The second-order valence-corrected chi connectivity index (χ2v) is 4.49. The van der Waals surface area contributed by atoms with Crippen LogP contribution in [0.1, 0.15) is 0 Å². The fraction of sp³-hybridized carbons (Fsp3) is 0.111. The first kappa shape index (κ1) is 20.0. The van der Waals surface area contributed by atoms with E-state index in [4.69, 9.17) is 0 Å². The molecular formula is C9H4F5KO4S. The molecule has 0 aliphatic rings. The summed E-state index contributed by atoms with van der Waals surface area (Å²) in [6.45, 7) is 0. The van der Waals surface area contributed by atoms with E-state index >= 15 is 0 Å². The molecule has 0 aliphatic carbocycles. The first-order chi connectivity index (χ1) is 8.51. The first-order valence-corrected chi connectivity index (χ1v) is 5.79. The molecule has 0 N–H and O–H groups in total. The molecule has 0 spiro atoms. The Labute approximate surface area is 152 Å². The van der Waals surface area contributed by atoms with Crippen LogP contribution in [0, 0.1) is 0 Å². The molecule has 0 aliphatic heterocycles. The largest absolute Gasteiger partial charge is 1.00 e. The molecule has 0 radical (unpaired) electrons. The van der Waals surface area contributed by atoms with Crippen molar-refractivity contribution in [2.24, 2.45) is 0 Å². The molecule has 0 atom stereocenters. The fourth-order valence-corrected chi connectivity index (χ4v) is 1.40. The van der Waals surface area contributed by atoms with Crippen LogP contribution < -0.4 is 56.1 Å². The molecule has 0 bridgehead atoms. The normalized spacial score (nSPS) is 13.3. The van der Waals surface area contributed by atoms with Gasteiger partial charge in [0.2, 0.25) is 0 Å². The van der Waals surface area contributed by atoms with Crippen LogP contribution in [0.5, 0.6) is 5.75 Å². The van der Waals surface area contributed by atoms with Crippen LogP contribution >= 0.6 is 0 Å². The van der Waals surface area contributed by atoms with E-state index in [9.17, 15) is 34.9 Å². The summed E-state index contributed by atoms with van der Waals surface area (Å²) in [5.41, 5.74) is 0. The van der Waals surface area contributed by atoms with Crippen LogP contribution in [0.25, 0.3) is 0 Å². The van der Waals surface area contributed by atoms with Gasteiger partial charge < -0.3 is 9.29 Å². The molecule has 11 heteroatoms. The zero-order valence-corrected chi connectivity index (χ0v) is 13.7. The zero-order valence-electron chi connectivity index (χ0n) is 9.74.